The molecule has 3 aromatic rings. The fourth-order valence-electron chi connectivity index (χ4n) is 4.79. The number of hydrogen-bond acceptors (Lipinski definition) is 6. The zero-order chi connectivity index (χ0) is 22.4. The maximum absolute atomic E-state index is 13.7. The highest BCUT2D eigenvalue weighted by molar-refractivity contribution is 7.12. The van der Waals surface area contributed by atoms with Gasteiger partial charge in [-0.2, -0.15) is 5.10 Å². The highest BCUT2D eigenvalue weighted by Gasteiger charge is 2.33. The average Bonchev–Trinajstić information content (AvgIpc) is 3.52. The zero-order valence-corrected chi connectivity index (χ0v) is 19.9. The first-order valence-corrected chi connectivity index (χ1v) is 12.2. The van der Waals surface area contributed by atoms with E-state index in [1.807, 2.05) is 15.6 Å². The fourth-order valence-corrected chi connectivity index (χ4v) is 5.72. The number of piperidine rings is 1. The quantitative estimate of drug-likeness (QED) is 0.577. The van der Waals surface area contributed by atoms with Gasteiger partial charge in [0, 0.05) is 40.4 Å². The van der Waals surface area contributed by atoms with Crippen molar-refractivity contribution in [2.75, 3.05) is 26.3 Å². The van der Waals surface area contributed by atoms with Gasteiger partial charge >= 0.3 is 0 Å². The number of ether oxygens (including phenoxy) is 2. The van der Waals surface area contributed by atoms with Crippen LogP contribution in [0.15, 0.2) is 18.3 Å². The zero-order valence-electron chi connectivity index (χ0n) is 19.1. The number of pyridine rings is 1. The van der Waals surface area contributed by atoms with Crippen LogP contribution in [0, 0.1) is 19.8 Å². The maximum atomic E-state index is 13.7. The number of thiophene rings is 1. The van der Waals surface area contributed by atoms with Crippen LogP contribution in [0.1, 0.15) is 52.8 Å². The molecule has 2 aliphatic rings. The lowest BCUT2D eigenvalue weighted by Crippen LogP contribution is -2.41. The molecule has 0 N–H and O–H groups in total. The van der Waals surface area contributed by atoms with Gasteiger partial charge in [-0.15, -0.1) is 11.3 Å². The Kier molecular flexibility index (Phi) is 5.77. The Bertz CT molecular complexity index is 1140. The van der Waals surface area contributed by atoms with Gasteiger partial charge in [0.1, 0.15) is 0 Å². The number of aryl methyl sites for hydroxylation is 2. The van der Waals surface area contributed by atoms with Gasteiger partial charge in [-0.1, -0.05) is 0 Å². The Morgan fingerprint density at radius 2 is 1.88 bits per heavy atom. The second-order valence-electron chi connectivity index (χ2n) is 9.04. The second-order valence-corrected chi connectivity index (χ2v) is 10.5. The number of likely N-dealkylation sites (tertiary alicyclic amines) is 1. The monoisotopic (exact) mass is 454 g/mol. The largest absolute Gasteiger partial charge is 0.350 e. The van der Waals surface area contributed by atoms with Crippen LogP contribution in [-0.4, -0.2) is 58.2 Å². The first-order chi connectivity index (χ1) is 15.4. The van der Waals surface area contributed by atoms with Crippen LogP contribution >= 0.6 is 11.3 Å². The summed E-state index contributed by atoms with van der Waals surface area (Å²) in [6.45, 7) is 11.1. The minimum Gasteiger partial charge on any atom is -0.350 e. The molecule has 1 amide bonds. The van der Waals surface area contributed by atoms with Crippen LogP contribution in [0.4, 0.5) is 0 Å². The van der Waals surface area contributed by atoms with Crippen molar-refractivity contribution in [2.24, 2.45) is 5.92 Å². The Labute approximate surface area is 192 Å². The fraction of sp³-hybridized carbons (Fsp3) is 0.542. The molecule has 2 aliphatic heterocycles. The highest BCUT2D eigenvalue weighted by Crippen LogP contribution is 2.34. The molecule has 5 heterocycles. The molecule has 0 aromatic carbocycles. The summed E-state index contributed by atoms with van der Waals surface area (Å²) in [6.07, 6.45) is 3.47. The van der Waals surface area contributed by atoms with E-state index in [9.17, 15) is 4.79 Å². The lowest BCUT2D eigenvalue weighted by Gasteiger charge is -2.34. The number of carbonyl (C=O) groups excluding carboxylic acids is 1. The summed E-state index contributed by atoms with van der Waals surface area (Å²) in [5.41, 5.74) is 3.39. The van der Waals surface area contributed by atoms with E-state index in [2.05, 4.69) is 38.9 Å². The molecule has 3 aromatic heterocycles. The Balaban J connectivity index is 1.50. The molecule has 0 atom stereocenters. The third-order valence-electron chi connectivity index (χ3n) is 6.46. The van der Waals surface area contributed by atoms with Crippen molar-refractivity contribution in [3.63, 3.8) is 0 Å². The van der Waals surface area contributed by atoms with Crippen molar-refractivity contribution >= 4 is 28.3 Å². The van der Waals surface area contributed by atoms with E-state index < -0.39 is 0 Å². The SMILES string of the molecule is Cc1cc(-c2cc(C(=O)N3CCC(C4OCCO4)CC3)c3cnn(C(C)C)c3n2)c(C)s1. The van der Waals surface area contributed by atoms with Gasteiger partial charge in [0.2, 0.25) is 0 Å². The number of amides is 1. The number of rotatable bonds is 4. The number of fused-ring (bicyclic) bond motifs is 1. The molecule has 0 spiro atoms. The molecule has 0 bridgehead atoms. The lowest BCUT2D eigenvalue weighted by atomic mass is 9.95. The van der Waals surface area contributed by atoms with Crippen molar-refractivity contribution in [2.45, 2.75) is 52.9 Å². The van der Waals surface area contributed by atoms with Gasteiger partial charge in [0.05, 0.1) is 36.1 Å². The molecule has 2 saturated heterocycles. The van der Waals surface area contributed by atoms with Crippen LogP contribution in [0.5, 0.6) is 0 Å². The summed E-state index contributed by atoms with van der Waals surface area (Å²) in [5, 5.41) is 5.38. The summed E-state index contributed by atoms with van der Waals surface area (Å²) in [6, 6.07) is 4.28. The van der Waals surface area contributed by atoms with Gasteiger partial charge in [0.15, 0.2) is 11.9 Å². The van der Waals surface area contributed by atoms with Gasteiger partial charge in [0.25, 0.3) is 5.91 Å². The maximum Gasteiger partial charge on any atom is 0.254 e. The third-order valence-corrected chi connectivity index (χ3v) is 7.43. The minimum atomic E-state index is -0.111. The molecule has 0 unspecified atom stereocenters. The summed E-state index contributed by atoms with van der Waals surface area (Å²) in [5.74, 6) is 0.410. The number of aromatic nitrogens is 3. The van der Waals surface area contributed by atoms with Crippen LogP contribution in [0.3, 0.4) is 0 Å². The van der Waals surface area contributed by atoms with E-state index in [0.717, 1.165) is 35.1 Å². The summed E-state index contributed by atoms with van der Waals surface area (Å²) < 4.78 is 13.3. The van der Waals surface area contributed by atoms with Gasteiger partial charge in [-0.25, -0.2) is 9.67 Å². The standard InChI is InChI=1S/C24H30N4O3S/c1-14(2)28-22-20(13-25-28)19(12-21(26-22)18-11-15(3)32-16(18)4)23(29)27-7-5-17(6-8-27)24-30-9-10-31-24/h11-14,17,24H,5-10H2,1-4H3. The number of nitrogens with zero attached hydrogens (tertiary/aromatic N) is 4. The first-order valence-electron chi connectivity index (χ1n) is 11.4. The van der Waals surface area contributed by atoms with E-state index >= 15 is 0 Å². The topological polar surface area (TPSA) is 69.5 Å². The molecule has 8 heteroatoms. The van der Waals surface area contributed by atoms with E-state index in [1.165, 1.54) is 9.75 Å². The smallest absolute Gasteiger partial charge is 0.254 e. The van der Waals surface area contributed by atoms with Gasteiger partial charge in [-0.3, -0.25) is 4.79 Å². The van der Waals surface area contributed by atoms with Crippen molar-refractivity contribution in [3.05, 3.63) is 33.6 Å². The Morgan fingerprint density at radius 3 is 2.50 bits per heavy atom. The Hall–Kier alpha value is -2.29. The van der Waals surface area contributed by atoms with Crippen LogP contribution in [0.2, 0.25) is 0 Å². The summed E-state index contributed by atoms with van der Waals surface area (Å²) >= 11 is 1.76. The molecule has 32 heavy (non-hydrogen) atoms. The molecule has 170 valence electrons. The van der Waals surface area contributed by atoms with Gasteiger partial charge < -0.3 is 14.4 Å². The predicted molar refractivity (Wildman–Crippen MR) is 125 cm³/mol. The Morgan fingerprint density at radius 1 is 1.16 bits per heavy atom. The summed E-state index contributed by atoms with van der Waals surface area (Å²) in [4.78, 5) is 23.1. The van der Waals surface area contributed by atoms with Crippen LogP contribution in [-0.2, 0) is 9.47 Å². The highest BCUT2D eigenvalue weighted by atomic mass is 32.1. The van der Waals surface area contributed by atoms with E-state index in [-0.39, 0.29) is 18.2 Å². The predicted octanol–water partition coefficient (Wildman–Crippen LogP) is 4.58. The molecule has 0 saturated carbocycles. The lowest BCUT2D eigenvalue weighted by molar-refractivity contribution is -0.0956. The molecular formula is C24H30N4O3S. The molecule has 0 aliphatic carbocycles. The number of carbonyl (C=O) groups is 1. The van der Waals surface area contributed by atoms with Crippen molar-refractivity contribution in [1.29, 1.82) is 0 Å². The normalized spacial score (nSPS) is 18.3. The number of hydrogen-bond donors (Lipinski definition) is 0. The third kappa shape index (κ3) is 3.84. The molecule has 0 radical (unpaired) electrons. The van der Waals surface area contributed by atoms with Crippen molar-refractivity contribution in [1.82, 2.24) is 19.7 Å². The molecule has 5 rings (SSSR count). The van der Waals surface area contributed by atoms with E-state index in [4.69, 9.17) is 14.5 Å². The van der Waals surface area contributed by atoms with Crippen molar-refractivity contribution < 1.29 is 14.3 Å². The van der Waals surface area contributed by atoms with Gasteiger partial charge in [-0.05, 0) is 52.7 Å². The van der Waals surface area contributed by atoms with Crippen molar-refractivity contribution in [3.8, 4) is 11.3 Å². The minimum absolute atomic E-state index is 0.0540. The second kappa shape index (κ2) is 8.57. The average molecular weight is 455 g/mol. The van der Waals surface area contributed by atoms with E-state index in [1.54, 1.807) is 17.5 Å². The summed E-state index contributed by atoms with van der Waals surface area (Å²) in [7, 11) is 0. The molecule has 2 fully saturated rings. The van der Waals surface area contributed by atoms with Crippen LogP contribution in [0.25, 0.3) is 22.3 Å². The van der Waals surface area contributed by atoms with E-state index in [0.29, 0.717) is 37.8 Å². The molecular weight excluding hydrogens is 424 g/mol. The molecule has 7 nitrogen and oxygen atoms in total. The van der Waals surface area contributed by atoms with Crippen LogP contribution < -0.4 is 0 Å². The first kappa shape index (κ1) is 21.6.